The number of hydrogen-bond donors (Lipinski definition) is 0. The van der Waals surface area contributed by atoms with Crippen molar-refractivity contribution < 1.29 is 9.15 Å². The Balaban J connectivity index is 1.49. The Morgan fingerprint density at radius 1 is 1.12 bits per heavy atom. The van der Waals surface area contributed by atoms with Gasteiger partial charge < -0.3 is 9.15 Å². The van der Waals surface area contributed by atoms with Crippen molar-refractivity contribution in [1.29, 1.82) is 0 Å². The molecule has 0 radical (unpaired) electrons. The molecule has 4 aliphatic carbocycles. The largest absolute Gasteiger partial charge is 0.501 e. The number of fused-ring (bicyclic) bond motifs is 5. The summed E-state index contributed by atoms with van der Waals surface area (Å²) in [6.45, 7) is 4.99. The molecule has 0 amide bonds. The van der Waals surface area contributed by atoms with Crippen molar-refractivity contribution in [3.63, 3.8) is 0 Å². The fraction of sp³-hybridized carbons (Fsp3) is 0.609. The van der Waals surface area contributed by atoms with Gasteiger partial charge in [0.15, 0.2) is 6.39 Å². The van der Waals surface area contributed by atoms with E-state index in [1.807, 2.05) is 13.4 Å². The van der Waals surface area contributed by atoms with Crippen molar-refractivity contribution in [2.75, 3.05) is 7.11 Å². The number of oxazole rings is 1. The van der Waals surface area contributed by atoms with Crippen LogP contribution in [-0.4, -0.2) is 12.1 Å². The molecule has 0 saturated heterocycles. The van der Waals surface area contributed by atoms with Crippen molar-refractivity contribution in [3.05, 3.63) is 47.9 Å². The molecule has 0 unspecified atom stereocenters. The standard InChI is InChI=1S/C23H29NO2/c1-22-10-8-16(25-3)12-15(22)4-5-17-18-6-7-20(21-13-26-14-24-21)23(18,2)11-9-19(17)22/h4,7,12-14,17-19H,5-6,8-11H2,1-3H3/t17-,18-,19-,22-,23-/m0/s1. The van der Waals surface area contributed by atoms with Gasteiger partial charge in [-0.05, 0) is 77.9 Å². The van der Waals surface area contributed by atoms with E-state index in [2.05, 4.69) is 37.1 Å². The first-order valence-corrected chi connectivity index (χ1v) is 10.1. The van der Waals surface area contributed by atoms with Crippen LogP contribution in [0, 0.1) is 28.6 Å². The summed E-state index contributed by atoms with van der Waals surface area (Å²) in [4.78, 5) is 4.47. The van der Waals surface area contributed by atoms with Gasteiger partial charge in [-0.2, -0.15) is 0 Å². The average molecular weight is 351 g/mol. The van der Waals surface area contributed by atoms with Gasteiger partial charge in [0.1, 0.15) is 12.0 Å². The van der Waals surface area contributed by atoms with Crippen LogP contribution >= 0.6 is 0 Å². The number of rotatable bonds is 2. The van der Waals surface area contributed by atoms with Gasteiger partial charge in [0.25, 0.3) is 0 Å². The summed E-state index contributed by atoms with van der Waals surface area (Å²) >= 11 is 0. The smallest absolute Gasteiger partial charge is 0.181 e. The van der Waals surface area contributed by atoms with E-state index in [1.165, 1.54) is 43.3 Å². The predicted octanol–water partition coefficient (Wildman–Crippen LogP) is 5.77. The minimum Gasteiger partial charge on any atom is -0.501 e. The molecule has 0 spiro atoms. The lowest BCUT2D eigenvalue weighted by Gasteiger charge is -2.56. The van der Waals surface area contributed by atoms with Gasteiger partial charge in [-0.15, -0.1) is 0 Å². The molecule has 0 bridgehead atoms. The van der Waals surface area contributed by atoms with Crippen LogP contribution in [0.25, 0.3) is 5.57 Å². The van der Waals surface area contributed by atoms with Crippen LogP contribution in [-0.2, 0) is 4.74 Å². The second-order valence-corrected chi connectivity index (χ2v) is 9.19. The number of allylic oxidation sites excluding steroid dienone is 6. The third kappa shape index (κ3) is 2.09. The molecule has 138 valence electrons. The highest BCUT2D eigenvalue weighted by atomic mass is 16.5. The number of methoxy groups -OCH3 is 1. The van der Waals surface area contributed by atoms with Gasteiger partial charge in [0.2, 0.25) is 0 Å². The van der Waals surface area contributed by atoms with Crippen molar-refractivity contribution >= 4 is 5.57 Å². The summed E-state index contributed by atoms with van der Waals surface area (Å²) in [5.74, 6) is 3.46. The van der Waals surface area contributed by atoms with Crippen molar-refractivity contribution in [3.8, 4) is 0 Å². The molecule has 4 aliphatic rings. The maximum Gasteiger partial charge on any atom is 0.181 e. The van der Waals surface area contributed by atoms with Crippen LogP contribution in [0.5, 0.6) is 0 Å². The van der Waals surface area contributed by atoms with Crippen LogP contribution in [0.1, 0.15) is 58.1 Å². The normalized spacial score (nSPS) is 41.3. The van der Waals surface area contributed by atoms with Gasteiger partial charge in [-0.3, -0.25) is 0 Å². The van der Waals surface area contributed by atoms with E-state index in [1.54, 1.807) is 6.39 Å². The molecular weight excluding hydrogens is 322 g/mol. The molecule has 1 heterocycles. The van der Waals surface area contributed by atoms with E-state index in [9.17, 15) is 0 Å². The zero-order valence-electron chi connectivity index (χ0n) is 16.1. The van der Waals surface area contributed by atoms with Crippen molar-refractivity contribution in [2.24, 2.45) is 28.6 Å². The minimum atomic E-state index is 0.252. The summed E-state index contributed by atoms with van der Waals surface area (Å²) < 4.78 is 10.8. The molecule has 0 aromatic carbocycles. The molecule has 3 heteroatoms. The Labute approximate surface area is 156 Å². The topological polar surface area (TPSA) is 35.3 Å². The van der Waals surface area contributed by atoms with Crippen molar-refractivity contribution in [1.82, 2.24) is 4.98 Å². The van der Waals surface area contributed by atoms with Gasteiger partial charge in [-0.1, -0.05) is 26.0 Å². The first kappa shape index (κ1) is 16.4. The van der Waals surface area contributed by atoms with Gasteiger partial charge in [-0.25, -0.2) is 4.98 Å². The summed E-state index contributed by atoms with van der Waals surface area (Å²) in [7, 11) is 1.81. The summed E-state index contributed by atoms with van der Waals surface area (Å²) in [5, 5.41) is 0. The van der Waals surface area contributed by atoms with E-state index in [4.69, 9.17) is 9.15 Å². The van der Waals surface area contributed by atoms with E-state index in [-0.39, 0.29) is 5.41 Å². The highest BCUT2D eigenvalue weighted by Gasteiger charge is 2.56. The fourth-order valence-corrected chi connectivity index (χ4v) is 6.77. The number of hydrogen-bond acceptors (Lipinski definition) is 3. The van der Waals surface area contributed by atoms with Crippen LogP contribution in [0.4, 0.5) is 0 Å². The molecule has 0 aliphatic heterocycles. The van der Waals surface area contributed by atoms with Crippen LogP contribution in [0.3, 0.4) is 0 Å². The monoisotopic (exact) mass is 351 g/mol. The number of aromatic nitrogens is 1. The summed E-state index contributed by atoms with van der Waals surface area (Å²) in [6, 6.07) is 0. The molecule has 26 heavy (non-hydrogen) atoms. The Morgan fingerprint density at radius 3 is 2.77 bits per heavy atom. The number of ether oxygens (including phenoxy) is 1. The second kappa shape index (κ2) is 5.61. The van der Waals surface area contributed by atoms with E-state index < -0.39 is 0 Å². The SMILES string of the molecule is COC1=CC2=CC[C@@H]3[C@H](CC[C@]4(C)C(c5cocn5)=CC[C@@H]34)[C@@]2(C)CC1. The second-order valence-electron chi connectivity index (χ2n) is 9.19. The Morgan fingerprint density at radius 2 is 2.00 bits per heavy atom. The maximum absolute atomic E-state index is 5.56. The molecule has 1 saturated carbocycles. The van der Waals surface area contributed by atoms with Crippen LogP contribution in [0.2, 0.25) is 0 Å². The lowest BCUT2D eigenvalue weighted by molar-refractivity contribution is -0.00446. The first-order chi connectivity index (χ1) is 12.6. The van der Waals surface area contributed by atoms with Gasteiger partial charge in [0, 0.05) is 6.42 Å². The Bertz CT molecular complexity index is 802. The highest BCUT2D eigenvalue weighted by Crippen LogP contribution is 2.65. The molecule has 5 rings (SSSR count). The van der Waals surface area contributed by atoms with Gasteiger partial charge in [0.05, 0.1) is 12.9 Å². The maximum atomic E-state index is 5.56. The lowest BCUT2D eigenvalue weighted by Crippen LogP contribution is -2.48. The summed E-state index contributed by atoms with van der Waals surface area (Å²) in [5.41, 5.74) is 4.59. The fourth-order valence-electron chi connectivity index (χ4n) is 6.77. The molecule has 1 fully saturated rings. The number of nitrogens with zero attached hydrogens (tertiary/aromatic N) is 1. The molecule has 1 aromatic rings. The first-order valence-electron chi connectivity index (χ1n) is 10.1. The van der Waals surface area contributed by atoms with Gasteiger partial charge >= 0.3 is 0 Å². The molecule has 3 nitrogen and oxygen atoms in total. The predicted molar refractivity (Wildman–Crippen MR) is 102 cm³/mol. The minimum absolute atomic E-state index is 0.252. The third-order valence-corrected chi connectivity index (χ3v) is 8.28. The van der Waals surface area contributed by atoms with E-state index in [0.29, 0.717) is 5.41 Å². The van der Waals surface area contributed by atoms with E-state index >= 15 is 0 Å². The zero-order valence-corrected chi connectivity index (χ0v) is 16.1. The van der Waals surface area contributed by atoms with E-state index in [0.717, 1.165) is 35.6 Å². The Hall–Kier alpha value is -1.77. The molecule has 1 aromatic heterocycles. The average Bonchev–Trinajstić information content (AvgIpc) is 3.27. The quantitative estimate of drug-likeness (QED) is 0.678. The third-order valence-electron chi connectivity index (χ3n) is 8.28. The lowest BCUT2D eigenvalue weighted by atomic mass is 9.48. The Kier molecular flexibility index (Phi) is 3.54. The highest BCUT2D eigenvalue weighted by molar-refractivity contribution is 5.70. The molecule has 5 atom stereocenters. The van der Waals surface area contributed by atoms with Crippen molar-refractivity contribution in [2.45, 2.75) is 52.4 Å². The van der Waals surface area contributed by atoms with Crippen LogP contribution in [0.15, 0.2) is 46.6 Å². The summed E-state index contributed by atoms with van der Waals surface area (Å²) in [6.07, 6.45) is 18.0. The molecule has 0 N–H and O–H groups in total. The zero-order chi connectivity index (χ0) is 17.9. The van der Waals surface area contributed by atoms with Crippen LogP contribution < -0.4 is 0 Å². The molecular formula is C23H29NO2.